The van der Waals surface area contributed by atoms with Crippen LogP contribution in [0, 0.1) is 0 Å². The van der Waals surface area contributed by atoms with Crippen LogP contribution in [0.1, 0.15) is 28.8 Å². The summed E-state index contributed by atoms with van der Waals surface area (Å²) in [4.78, 5) is 29.5. The normalized spacial score (nSPS) is 17.7. The van der Waals surface area contributed by atoms with Gasteiger partial charge in [-0.25, -0.2) is 0 Å². The second kappa shape index (κ2) is 8.66. The lowest BCUT2D eigenvalue weighted by molar-refractivity contribution is -0.117. The third-order valence-corrected chi connectivity index (χ3v) is 5.88. The van der Waals surface area contributed by atoms with Crippen molar-refractivity contribution < 1.29 is 14.3 Å². The smallest absolute Gasteiger partial charge is 0.254 e. The van der Waals surface area contributed by atoms with Gasteiger partial charge in [0.05, 0.1) is 19.3 Å². The molecule has 6 nitrogen and oxygen atoms in total. The average Bonchev–Trinajstić information content (AvgIpc) is 2.75. The van der Waals surface area contributed by atoms with Crippen LogP contribution in [-0.4, -0.2) is 60.9 Å². The van der Waals surface area contributed by atoms with Gasteiger partial charge in [0.2, 0.25) is 5.91 Å². The fourth-order valence-corrected chi connectivity index (χ4v) is 4.32. The average molecular weight is 393 g/mol. The highest BCUT2D eigenvalue weighted by atomic mass is 16.5. The summed E-state index contributed by atoms with van der Waals surface area (Å²) in [6, 6.07) is 15.6. The number of likely N-dealkylation sites (tertiary alicyclic amines) is 1. The maximum Gasteiger partial charge on any atom is 0.254 e. The number of benzene rings is 2. The zero-order chi connectivity index (χ0) is 20.2. The summed E-state index contributed by atoms with van der Waals surface area (Å²) in [6.45, 7) is 2.77. The van der Waals surface area contributed by atoms with Crippen LogP contribution in [0.4, 0.5) is 5.69 Å². The molecule has 0 aliphatic carbocycles. The van der Waals surface area contributed by atoms with Crippen LogP contribution in [0.25, 0.3) is 0 Å². The zero-order valence-electron chi connectivity index (χ0n) is 16.8. The highest BCUT2D eigenvalue weighted by Gasteiger charge is 2.32. The summed E-state index contributed by atoms with van der Waals surface area (Å²) >= 11 is 0. The Morgan fingerprint density at radius 1 is 1.07 bits per heavy atom. The van der Waals surface area contributed by atoms with Crippen molar-refractivity contribution in [3.63, 3.8) is 0 Å². The molecule has 0 spiro atoms. The number of hydrogen-bond acceptors (Lipinski definition) is 4. The molecule has 4 rings (SSSR count). The summed E-state index contributed by atoms with van der Waals surface area (Å²) in [5.74, 6) is 0.763. The summed E-state index contributed by atoms with van der Waals surface area (Å²) in [6.07, 6.45) is 2.72. The van der Waals surface area contributed by atoms with E-state index >= 15 is 0 Å². The molecule has 29 heavy (non-hydrogen) atoms. The van der Waals surface area contributed by atoms with Crippen LogP contribution in [0.15, 0.2) is 48.5 Å². The van der Waals surface area contributed by atoms with Gasteiger partial charge in [0.25, 0.3) is 5.91 Å². The van der Waals surface area contributed by atoms with E-state index in [1.165, 1.54) is 0 Å². The molecule has 2 aliphatic heterocycles. The topological polar surface area (TPSA) is 61.9 Å². The Balaban J connectivity index is 1.30. The molecule has 2 amide bonds. The molecule has 1 N–H and O–H groups in total. The molecule has 1 saturated heterocycles. The first-order chi connectivity index (χ1) is 14.2. The minimum Gasteiger partial charge on any atom is -0.495 e. The van der Waals surface area contributed by atoms with Gasteiger partial charge in [0.1, 0.15) is 5.75 Å². The Morgan fingerprint density at radius 2 is 1.79 bits per heavy atom. The number of nitrogens with zero attached hydrogens (tertiary/aromatic N) is 2. The predicted octanol–water partition coefficient (Wildman–Crippen LogP) is 2.80. The molecular weight excluding hydrogens is 366 g/mol. The second-order valence-corrected chi connectivity index (χ2v) is 7.66. The number of carbonyl (C=O) groups excluding carboxylic acids is 2. The molecule has 0 atom stereocenters. The van der Waals surface area contributed by atoms with E-state index in [1.54, 1.807) is 7.11 Å². The summed E-state index contributed by atoms with van der Waals surface area (Å²) in [5.41, 5.74) is 2.68. The van der Waals surface area contributed by atoms with Crippen LogP contribution >= 0.6 is 0 Å². The van der Waals surface area contributed by atoms with Crippen molar-refractivity contribution >= 4 is 17.5 Å². The van der Waals surface area contributed by atoms with Crippen molar-refractivity contribution in [3.8, 4) is 5.75 Å². The van der Waals surface area contributed by atoms with Gasteiger partial charge in [0, 0.05) is 31.2 Å². The number of amides is 2. The number of ether oxygens (including phenoxy) is 1. The van der Waals surface area contributed by atoms with E-state index in [2.05, 4.69) is 10.2 Å². The maximum absolute atomic E-state index is 12.9. The molecule has 2 aromatic carbocycles. The Bertz CT molecular complexity index is 890. The standard InChI is InChI=1S/C23H27N3O3/c1-29-21-9-5-4-8-20(21)24-22(27)16-25-13-11-18(12-14-25)26-15-10-17-6-2-3-7-19(17)23(26)28/h2-9,18H,10-16H2,1H3,(H,24,27). The SMILES string of the molecule is COc1ccccc1NC(=O)CN1CCC(N2CCc3ccccc3C2=O)CC1. The molecule has 6 heteroatoms. The number of piperidine rings is 1. The highest BCUT2D eigenvalue weighted by molar-refractivity contribution is 5.97. The Kier molecular flexibility index (Phi) is 5.81. The van der Waals surface area contributed by atoms with E-state index in [4.69, 9.17) is 4.74 Å². The van der Waals surface area contributed by atoms with E-state index in [0.717, 1.165) is 50.0 Å². The lowest BCUT2D eigenvalue weighted by Gasteiger charge is -2.40. The summed E-state index contributed by atoms with van der Waals surface area (Å²) in [5, 5.41) is 2.93. The van der Waals surface area contributed by atoms with Crippen molar-refractivity contribution in [1.29, 1.82) is 0 Å². The zero-order valence-corrected chi connectivity index (χ0v) is 16.8. The second-order valence-electron chi connectivity index (χ2n) is 7.66. The number of anilines is 1. The molecule has 2 aliphatic rings. The van der Waals surface area contributed by atoms with Crippen LogP contribution < -0.4 is 10.1 Å². The Hall–Kier alpha value is -2.86. The molecule has 0 unspecified atom stereocenters. The predicted molar refractivity (Wildman–Crippen MR) is 112 cm³/mol. The van der Waals surface area contributed by atoms with Gasteiger partial charge in [-0.15, -0.1) is 0 Å². The van der Waals surface area contributed by atoms with Crippen LogP contribution in [0.2, 0.25) is 0 Å². The first-order valence-corrected chi connectivity index (χ1v) is 10.2. The van der Waals surface area contributed by atoms with E-state index in [0.29, 0.717) is 18.0 Å². The van der Waals surface area contributed by atoms with Gasteiger partial charge in [-0.3, -0.25) is 14.5 Å². The summed E-state index contributed by atoms with van der Waals surface area (Å²) in [7, 11) is 1.59. The number of fused-ring (bicyclic) bond motifs is 1. The molecule has 152 valence electrons. The lowest BCUT2D eigenvalue weighted by Crippen LogP contribution is -2.50. The third kappa shape index (κ3) is 4.27. The van der Waals surface area contributed by atoms with Gasteiger partial charge >= 0.3 is 0 Å². The molecule has 0 saturated carbocycles. The number of nitrogens with one attached hydrogen (secondary N) is 1. The first kappa shape index (κ1) is 19.5. The fraction of sp³-hybridized carbons (Fsp3) is 0.391. The van der Waals surface area contributed by atoms with E-state index in [1.807, 2.05) is 53.4 Å². The van der Waals surface area contributed by atoms with E-state index < -0.39 is 0 Å². The van der Waals surface area contributed by atoms with E-state index in [-0.39, 0.29) is 17.9 Å². The van der Waals surface area contributed by atoms with Crippen molar-refractivity contribution in [1.82, 2.24) is 9.80 Å². The maximum atomic E-state index is 12.9. The number of hydrogen-bond donors (Lipinski definition) is 1. The van der Waals surface area contributed by atoms with Crippen LogP contribution in [-0.2, 0) is 11.2 Å². The molecule has 1 fully saturated rings. The molecule has 0 bridgehead atoms. The van der Waals surface area contributed by atoms with Crippen molar-refractivity contribution in [2.24, 2.45) is 0 Å². The number of methoxy groups -OCH3 is 1. The molecule has 2 heterocycles. The minimum absolute atomic E-state index is 0.0454. The van der Waals surface area contributed by atoms with Gasteiger partial charge in [0.15, 0.2) is 0 Å². The van der Waals surface area contributed by atoms with Crippen molar-refractivity contribution in [3.05, 3.63) is 59.7 Å². The monoisotopic (exact) mass is 393 g/mol. The number of carbonyl (C=O) groups is 2. The molecule has 0 radical (unpaired) electrons. The molecule has 2 aromatic rings. The quantitative estimate of drug-likeness (QED) is 0.849. The first-order valence-electron chi connectivity index (χ1n) is 10.2. The third-order valence-electron chi connectivity index (χ3n) is 5.88. The van der Waals surface area contributed by atoms with Gasteiger partial charge < -0.3 is 15.0 Å². The summed E-state index contributed by atoms with van der Waals surface area (Å²) < 4.78 is 5.29. The van der Waals surface area contributed by atoms with Gasteiger partial charge in [-0.05, 0) is 43.0 Å². The largest absolute Gasteiger partial charge is 0.495 e. The number of rotatable bonds is 5. The van der Waals surface area contributed by atoms with Gasteiger partial charge in [-0.1, -0.05) is 30.3 Å². The van der Waals surface area contributed by atoms with E-state index in [9.17, 15) is 9.59 Å². The minimum atomic E-state index is -0.0454. The van der Waals surface area contributed by atoms with Crippen LogP contribution in [0.3, 0.4) is 0 Å². The molecule has 0 aromatic heterocycles. The fourth-order valence-electron chi connectivity index (χ4n) is 4.32. The van der Waals surface area contributed by atoms with Crippen molar-refractivity contribution in [2.45, 2.75) is 25.3 Å². The Morgan fingerprint density at radius 3 is 2.59 bits per heavy atom. The van der Waals surface area contributed by atoms with Crippen LogP contribution in [0.5, 0.6) is 5.75 Å². The lowest BCUT2D eigenvalue weighted by atomic mass is 9.95. The Labute approximate surface area is 171 Å². The highest BCUT2D eigenvalue weighted by Crippen LogP contribution is 2.26. The van der Waals surface area contributed by atoms with Gasteiger partial charge in [-0.2, -0.15) is 0 Å². The number of para-hydroxylation sites is 2. The van der Waals surface area contributed by atoms with Crippen molar-refractivity contribution in [2.75, 3.05) is 38.6 Å². The molecular formula is C23H27N3O3.